The first-order chi connectivity index (χ1) is 10.0. The van der Waals surface area contributed by atoms with Crippen LogP contribution in [-0.2, 0) is 20.9 Å². The van der Waals surface area contributed by atoms with Crippen LogP contribution in [0.1, 0.15) is 28.8 Å². The van der Waals surface area contributed by atoms with Crippen LogP contribution in [0, 0.1) is 0 Å². The zero-order valence-electron chi connectivity index (χ0n) is 11.3. The number of hydrogen-bond acceptors (Lipinski definition) is 6. The Morgan fingerprint density at radius 1 is 1.57 bits per heavy atom. The van der Waals surface area contributed by atoms with Crippen molar-refractivity contribution >= 4 is 29.4 Å². The van der Waals surface area contributed by atoms with Crippen molar-refractivity contribution in [3.8, 4) is 0 Å². The van der Waals surface area contributed by atoms with Crippen LogP contribution in [0.3, 0.4) is 0 Å². The molecular weight excluding hydrogens is 298 g/mol. The number of rotatable bonds is 4. The Kier molecular flexibility index (Phi) is 4.87. The molecule has 0 aliphatic carbocycles. The average Bonchev–Trinajstić information content (AvgIpc) is 2.45. The third-order valence-electron chi connectivity index (χ3n) is 3.14. The predicted octanol–water partition coefficient (Wildman–Crippen LogP) is 0.416. The molecule has 2 rings (SSSR count). The monoisotopic (exact) mass is 311 g/mol. The molecule has 1 unspecified atom stereocenters. The number of carbonyl (C=O) groups excluding carboxylic acids is 3. The third-order valence-corrected chi connectivity index (χ3v) is 3.35. The van der Waals surface area contributed by atoms with Gasteiger partial charge in [-0.15, -0.1) is 0 Å². The Bertz CT molecular complexity index is 591. The number of ether oxygens (including phenoxy) is 1. The van der Waals surface area contributed by atoms with Gasteiger partial charge in [-0.3, -0.25) is 14.9 Å². The summed E-state index contributed by atoms with van der Waals surface area (Å²) >= 11 is 5.82. The predicted molar refractivity (Wildman–Crippen MR) is 73.6 cm³/mol. The van der Waals surface area contributed by atoms with Crippen molar-refractivity contribution in [1.82, 2.24) is 15.6 Å². The summed E-state index contributed by atoms with van der Waals surface area (Å²) in [5.74, 6) is -1.18. The number of piperidine rings is 1. The summed E-state index contributed by atoms with van der Waals surface area (Å²) < 4.78 is 4.67. The number of hydrogen-bond donors (Lipinski definition) is 2. The fraction of sp³-hybridized carbons (Fsp3) is 0.385. The minimum absolute atomic E-state index is 0.235. The molecule has 0 radical (unpaired) electrons. The molecule has 8 heteroatoms. The Hall–Kier alpha value is -1.99. The average molecular weight is 312 g/mol. The quantitative estimate of drug-likeness (QED) is 0.475. The van der Waals surface area contributed by atoms with E-state index in [0.29, 0.717) is 12.0 Å². The molecule has 1 saturated heterocycles. The van der Waals surface area contributed by atoms with Crippen LogP contribution in [0.5, 0.6) is 0 Å². The fourth-order valence-electron chi connectivity index (χ4n) is 2.03. The smallest absolute Gasteiger partial charge is 0.339 e. The van der Waals surface area contributed by atoms with Gasteiger partial charge in [0.25, 0.3) is 0 Å². The highest BCUT2D eigenvalue weighted by Crippen LogP contribution is 2.15. The molecule has 112 valence electrons. The number of halogens is 1. The first kappa shape index (κ1) is 15.4. The SMILES string of the molecule is COC(=O)c1cnc(Cl)cc1CNC1CCC(=O)NC1=O. The summed E-state index contributed by atoms with van der Waals surface area (Å²) in [6, 6.07) is 1.05. The van der Waals surface area contributed by atoms with E-state index in [1.54, 1.807) is 0 Å². The van der Waals surface area contributed by atoms with Crippen LogP contribution in [0.25, 0.3) is 0 Å². The lowest BCUT2D eigenvalue weighted by atomic mass is 10.0. The van der Waals surface area contributed by atoms with E-state index in [1.165, 1.54) is 19.4 Å². The van der Waals surface area contributed by atoms with E-state index in [0.717, 1.165) is 0 Å². The Morgan fingerprint density at radius 3 is 3.00 bits per heavy atom. The molecule has 1 aliphatic heterocycles. The highest BCUT2D eigenvalue weighted by molar-refractivity contribution is 6.29. The molecule has 0 aromatic carbocycles. The largest absolute Gasteiger partial charge is 0.465 e. The highest BCUT2D eigenvalue weighted by Gasteiger charge is 2.26. The van der Waals surface area contributed by atoms with Gasteiger partial charge in [0.1, 0.15) is 5.15 Å². The van der Waals surface area contributed by atoms with Crippen LogP contribution >= 0.6 is 11.6 Å². The van der Waals surface area contributed by atoms with Crippen LogP contribution in [0.4, 0.5) is 0 Å². The van der Waals surface area contributed by atoms with Gasteiger partial charge >= 0.3 is 5.97 Å². The number of amides is 2. The molecule has 0 bridgehead atoms. The molecule has 1 fully saturated rings. The lowest BCUT2D eigenvalue weighted by Crippen LogP contribution is -2.50. The summed E-state index contributed by atoms with van der Waals surface area (Å²) in [6.45, 7) is 0.235. The number of nitrogens with one attached hydrogen (secondary N) is 2. The number of nitrogens with zero attached hydrogens (tertiary/aromatic N) is 1. The van der Waals surface area contributed by atoms with Crippen LogP contribution in [0.2, 0.25) is 5.15 Å². The van der Waals surface area contributed by atoms with Gasteiger partial charge in [0.05, 0.1) is 18.7 Å². The molecular formula is C13H14ClN3O4. The molecule has 1 aromatic rings. The molecule has 1 aliphatic rings. The number of pyridine rings is 1. The molecule has 21 heavy (non-hydrogen) atoms. The standard InChI is InChI=1S/C13H14ClN3O4/c1-21-13(20)8-6-16-10(14)4-7(8)5-15-9-2-3-11(18)17-12(9)19/h4,6,9,15H,2-3,5H2,1H3,(H,17,18,19). The molecule has 7 nitrogen and oxygen atoms in total. The van der Waals surface area contributed by atoms with Gasteiger partial charge in [-0.2, -0.15) is 0 Å². The molecule has 1 aromatic heterocycles. The van der Waals surface area contributed by atoms with Gasteiger partial charge in [-0.25, -0.2) is 9.78 Å². The van der Waals surface area contributed by atoms with Crippen molar-refractivity contribution in [1.29, 1.82) is 0 Å². The highest BCUT2D eigenvalue weighted by atomic mass is 35.5. The molecule has 2 N–H and O–H groups in total. The second kappa shape index (κ2) is 6.64. The van der Waals surface area contributed by atoms with Crippen molar-refractivity contribution in [3.05, 3.63) is 28.5 Å². The molecule has 1 atom stereocenters. The summed E-state index contributed by atoms with van der Waals surface area (Å²) in [5, 5.41) is 5.49. The summed E-state index contributed by atoms with van der Waals surface area (Å²) in [5.41, 5.74) is 0.855. The van der Waals surface area contributed by atoms with Crippen LogP contribution < -0.4 is 10.6 Å². The van der Waals surface area contributed by atoms with E-state index in [2.05, 4.69) is 20.4 Å². The van der Waals surface area contributed by atoms with Crippen LogP contribution in [-0.4, -0.2) is 35.9 Å². The van der Waals surface area contributed by atoms with Gasteiger partial charge in [-0.05, 0) is 18.1 Å². The van der Waals surface area contributed by atoms with Gasteiger partial charge < -0.3 is 10.1 Å². The third kappa shape index (κ3) is 3.77. The second-order valence-electron chi connectivity index (χ2n) is 4.54. The zero-order chi connectivity index (χ0) is 15.4. The minimum Gasteiger partial charge on any atom is -0.465 e. The maximum atomic E-state index is 11.6. The van der Waals surface area contributed by atoms with Crippen molar-refractivity contribution in [2.75, 3.05) is 7.11 Å². The molecule has 0 saturated carbocycles. The van der Waals surface area contributed by atoms with E-state index >= 15 is 0 Å². The van der Waals surface area contributed by atoms with Gasteiger partial charge in [0.15, 0.2) is 0 Å². The summed E-state index contributed by atoms with van der Waals surface area (Å²) in [6.07, 6.45) is 2.02. The summed E-state index contributed by atoms with van der Waals surface area (Å²) in [4.78, 5) is 38.2. The zero-order valence-corrected chi connectivity index (χ0v) is 12.1. The number of carbonyl (C=O) groups is 3. The van der Waals surface area contributed by atoms with Gasteiger partial charge in [-0.1, -0.05) is 11.6 Å². The van der Waals surface area contributed by atoms with E-state index < -0.39 is 12.0 Å². The minimum atomic E-state index is -0.528. The fourth-order valence-corrected chi connectivity index (χ4v) is 2.21. The van der Waals surface area contributed by atoms with Crippen molar-refractivity contribution in [2.24, 2.45) is 0 Å². The number of imide groups is 1. The van der Waals surface area contributed by atoms with Crippen molar-refractivity contribution in [2.45, 2.75) is 25.4 Å². The maximum Gasteiger partial charge on any atom is 0.339 e. The molecule has 0 spiro atoms. The number of aromatic nitrogens is 1. The molecule has 2 amide bonds. The summed E-state index contributed by atoms with van der Waals surface area (Å²) in [7, 11) is 1.27. The maximum absolute atomic E-state index is 11.6. The Morgan fingerprint density at radius 2 is 2.33 bits per heavy atom. The van der Waals surface area contributed by atoms with Crippen molar-refractivity contribution < 1.29 is 19.1 Å². The number of methoxy groups -OCH3 is 1. The molecule has 2 heterocycles. The first-order valence-corrected chi connectivity index (χ1v) is 6.69. The van der Waals surface area contributed by atoms with E-state index in [4.69, 9.17) is 11.6 Å². The Labute approximate surface area is 126 Å². The van der Waals surface area contributed by atoms with Crippen LogP contribution in [0.15, 0.2) is 12.3 Å². The van der Waals surface area contributed by atoms with Gasteiger partial charge in [0, 0.05) is 19.2 Å². The number of esters is 1. The second-order valence-corrected chi connectivity index (χ2v) is 4.93. The van der Waals surface area contributed by atoms with Crippen molar-refractivity contribution in [3.63, 3.8) is 0 Å². The lowest BCUT2D eigenvalue weighted by Gasteiger charge is -2.22. The van der Waals surface area contributed by atoms with E-state index in [9.17, 15) is 14.4 Å². The Balaban J connectivity index is 2.09. The van der Waals surface area contributed by atoms with Gasteiger partial charge in [0.2, 0.25) is 11.8 Å². The lowest BCUT2D eigenvalue weighted by molar-refractivity contribution is -0.134. The topological polar surface area (TPSA) is 97.4 Å². The van der Waals surface area contributed by atoms with E-state index in [-0.39, 0.29) is 35.5 Å². The normalized spacial score (nSPS) is 18.3. The first-order valence-electron chi connectivity index (χ1n) is 6.31. The van der Waals surface area contributed by atoms with E-state index in [1.807, 2.05) is 0 Å².